The Morgan fingerprint density at radius 1 is 1.13 bits per heavy atom. The molecule has 0 aliphatic heterocycles. The molecule has 2 aromatic carbocycles. The molecule has 0 aliphatic carbocycles. The number of nitrogens with zero attached hydrogens (tertiary/aromatic N) is 2. The molecule has 1 N–H and O–H groups in total. The summed E-state index contributed by atoms with van der Waals surface area (Å²) in [6.07, 6.45) is 0.955. The van der Waals surface area contributed by atoms with Crippen molar-refractivity contribution in [1.29, 1.82) is 0 Å². The number of amides is 1. The highest BCUT2D eigenvalue weighted by Crippen LogP contribution is 2.31. The molecule has 0 fully saturated rings. The summed E-state index contributed by atoms with van der Waals surface area (Å²) in [7, 11) is 3.05. The van der Waals surface area contributed by atoms with E-state index in [0.717, 1.165) is 12.0 Å². The van der Waals surface area contributed by atoms with E-state index in [4.69, 9.17) is 14.0 Å². The molecule has 1 unspecified atom stereocenters. The lowest BCUT2D eigenvalue weighted by Gasteiger charge is -2.15. The van der Waals surface area contributed by atoms with Crippen molar-refractivity contribution in [3.63, 3.8) is 0 Å². The number of methoxy groups -OCH3 is 2. The second-order valence-electron chi connectivity index (χ2n) is 6.81. The minimum absolute atomic E-state index is 0.205. The number of rotatable bonds is 8. The normalized spacial score (nSPS) is 11.7. The average molecular weight is 411 g/mol. The van der Waals surface area contributed by atoms with Crippen molar-refractivity contribution >= 4 is 5.91 Å². The highest BCUT2D eigenvalue weighted by molar-refractivity contribution is 5.77. The maximum atomic E-state index is 12.6. The lowest BCUT2D eigenvalue weighted by molar-refractivity contribution is -0.122. The van der Waals surface area contributed by atoms with E-state index < -0.39 is 5.76 Å². The van der Waals surface area contributed by atoms with Gasteiger partial charge in [-0.2, -0.15) is 0 Å². The van der Waals surface area contributed by atoms with Gasteiger partial charge in [-0.3, -0.25) is 9.32 Å². The largest absolute Gasteiger partial charge is 0.493 e. The van der Waals surface area contributed by atoms with Crippen LogP contribution in [0.25, 0.3) is 11.4 Å². The lowest BCUT2D eigenvalue weighted by atomic mass is 10.1. The molecule has 30 heavy (non-hydrogen) atoms. The van der Waals surface area contributed by atoms with Gasteiger partial charge in [0.15, 0.2) is 17.3 Å². The molecule has 1 heterocycles. The number of benzene rings is 2. The standard InChI is InChI=1S/C22H25N3O5/c1-5-15-6-8-16(9-7-15)14(2)23-20(26)13-25-21(24-30-22(25)27)17-10-11-18(28-3)19(12-17)29-4/h6-12,14H,5,13H2,1-4H3,(H,23,26). The SMILES string of the molecule is CCc1ccc(C(C)NC(=O)Cn2c(-c3ccc(OC)c(OC)c3)noc2=O)cc1. The molecule has 0 bridgehead atoms. The van der Waals surface area contributed by atoms with Crippen LogP contribution in [-0.4, -0.2) is 29.9 Å². The minimum atomic E-state index is -0.713. The Morgan fingerprint density at radius 3 is 2.47 bits per heavy atom. The van der Waals surface area contributed by atoms with Crippen molar-refractivity contribution in [2.24, 2.45) is 0 Å². The summed E-state index contributed by atoms with van der Waals surface area (Å²) in [5.74, 6) is 0.213. The van der Waals surface area contributed by atoms with E-state index in [9.17, 15) is 9.59 Å². The number of nitrogens with one attached hydrogen (secondary N) is 1. The number of hydrogen-bond acceptors (Lipinski definition) is 6. The molecule has 3 rings (SSSR count). The number of ether oxygens (including phenoxy) is 2. The summed E-state index contributed by atoms with van der Waals surface area (Å²) in [6, 6.07) is 12.9. The molecule has 1 aromatic heterocycles. The van der Waals surface area contributed by atoms with Gasteiger partial charge in [0, 0.05) is 5.56 Å². The smallest absolute Gasteiger partial charge is 0.442 e. The van der Waals surface area contributed by atoms with Crippen molar-refractivity contribution in [2.75, 3.05) is 14.2 Å². The van der Waals surface area contributed by atoms with Crippen LogP contribution in [-0.2, 0) is 17.8 Å². The molecule has 0 saturated heterocycles. The van der Waals surface area contributed by atoms with Crippen LogP contribution in [0, 0.1) is 0 Å². The first-order valence-electron chi connectivity index (χ1n) is 9.64. The van der Waals surface area contributed by atoms with Crippen molar-refractivity contribution < 1.29 is 18.8 Å². The van der Waals surface area contributed by atoms with Gasteiger partial charge in [0.2, 0.25) is 5.91 Å². The third-order valence-corrected chi connectivity index (χ3v) is 4.90. The van der Waals surface area contributed by atoms with E-state index in [2.05, 4.69) is 17.4 Å². The minimum Gasteiger partial charge on any atom is -0.493 e. The van der Waals surface area contributed by atoms with Gasteiger partial charge in [-0.25, -0.2) is 9.36 Å². The zero-order valence-corrected chi connectivity index (χ0v) is 17.5. The lowest BCUT2D eigenvalue weighted by Crippen LogP contribution is -2.33. The highest BCUT2D eigenvalue weighted by atomic mass is 16.5. The van der Waals surface area contributed by atoms with Crippen molar-refractivity contribution in [3.05, 3.63) is 64.1 Å². The maximum Gasteiger partial charge on any atom is 0.442 e. The molecule has 0 saturated carbocycles. The van der Waals surface area contributed by atoms with Crippen molar-refractivity contribution in [3.8, 4) is 22.9 Å². The molecule has 158 valence electrons. The summed E-state index contributed by atoms with van der Waals surface area (Å²) in [4.78, 5) is 24.7. The quantitative estimate of drug-likeness (QED) is 0.612. The van der Waals surface area contributed by atoms with Gasteiger partial charge in [-0.1, -0.05) is 36.3 Å². The van der Waals surface area contributed by atoms with Crippen LogP contribution < -0.4 is 20.5 Å². The van der Waals surface area contributed by atoms with Gasteiger partial charge in [0.1, 0.15) is 6.54 Å². The van der Waals surface area contributed by atoms with E-state index in [-0.39, 0.29) is 24.3 Å². The van der Waals surface area contributed by atoms with E-state index >= 15 is 0 Å². The van der Waals surface area contributed by atoms with Gasteiger partial charge < -0.3 is 14.8 Å². The first-order valence-corrected chi connectivity index (χ1v) is 9.64. The van der Waals surface area contributed by atoms with Crippen molar-refractivity contribution in [2.45, 2.75) is 32.9 Å². The van der Waals surface area contributed by atoms with E-state index in [1.165, 1.54) is 24.4 Å². The summed E-state index contributed by atoms with van der Waals surface area (Å²) in [5, 5.41) is 6.73. The first kappa shape index (κ1) is 21.2. The predicted octanol–water partition coefficient (Wildman–Crippen LogP) is 2.96. The second kappa shape index (κ2) is 9.30. The van der Waals surface area contributed by atoms with Gasteiger partial charge in [-0.15, -0.1) is 0 Å². The molecule has 0 radical (unpaired) electrons. The van der Waals surface area contributed by atoms with Gasteiger partial charge in [0.05, 0.1) is 20.3 Å². The molecule has 0 spiro atoms. The summed E-state index contributed by atoms with van der Waals surface area (Å²) in [6.45, 7) is 3.76. The zero-order valence-electron chi connectivity index (χ0n) is 17.5. The van der Waals surface area contributed by atoms with Gasteiger partial charge in [0.25, 0.3) is 0 Å². The number of aryl methyl sites for hydroxylation is 1. The Kier molecular flexibility index (Phi) is 6.56. The Morgan fingerprint density at radius 2 is 1.83 bits per heavy atom. The molecule has 1 amide bonds. The summed E-state index contributed by atoms with van der Waals surface area (Å²) < 4.78 is 16.5. The fourth-order valence-electron chi connectivity index (χ4n) is 3.15. The van der Waals surface area contributed by atoms with E-state index in [1.807, 2.05) is 31.2 Å². The second-order valence-corrected chi connectivity index (χ2v) is 6.81. The van der Waals surface area contributed by atoms with Crippen LogP contribution in [0.15, 0.2) is 51.8 Å². The zero-order chi connectivity index (χ0) is 21.7. The van der Waals surface area contributed by atoms with Crippen LogP contribution >= 0.6 is 0 Å². The number of hydrogen-bond donors (Lipinski definition) is 1. The Bertz CT molecular complexity index is 1070. The first-order chi connectivity index (χ1) is 14.5. The highest BCUT2D eigenvalue weighted by Gasteiger charge is 2.19. The van der Waals surface area contributed by atoms with Crippen LogP contribution in [0.3, 0.4) is 0 Å². The Balaban J connectivity index is 1.78. The third kappa shape index (κ3) is 4.53. The van der Waals surface area contributed by atoms with Crippen LogP contribution in [0.4, 0.5) is 0 Å². The third-order valence-electron chi connectivity index (χ3n) is 4.90. The average Bonchev–Trinajstić information content (AvgIpc) is 3.13. The predicted molar refractivity (Wildman–Crippen MR) is 112 cm³/mol. The fraction of sp³-hybridized carbons (Fsp3) is 0.318. The van der Waals surface area contributed by atoms with E-state index in [0.29, 0.717) is 17.1 Å². The van der Waals surface area contributed by atoms with Crippen LogP contribution in [0.2, 0.25) is 0 Å². The molecule has 3 aromatic rings. The van der Waals surface area contributed by atoms with E-state index in [1.54, 1.807) is 18.2 Å². The summed E-state index contributed by atoms with van der Waals surface area (Å²) >= 11 is 0. The maximum absolute atomic E-state index is 12.6. The van der Waals surface area contributed by atoms with Gasteiger partial charge >= 0.3 is 5.76 Å². The Hall–Kier alpha value is -3.55. The Labute approximate surface area is 174 Å². The van der Waals surface area contributed by atoms with Gasteiger partial charge in [-0.05, 0) is 42.7 Å². The molecule has 1 atom stereocenters. The molecule has 8 nitrogen and oxygen atoms in total. The molecular weight excluding hydrogens is 386 g/mol. The van der Waals surface area contributed by atoms with Crippen molar-refractivity contribution in [1.82, 2.24) is 15.0 Å². The van der Waals surface area contributed by atoms with Crippen LogP contribution in [0.1, 0.15) is 31.0 Å². The van der Waals surface area contributed by atoms with Crippen LogP contribution in [0.5, 0.6) is 11.5 Å². The number of carbonyl (C=O) groups is 1. The number of aromatic nitrogens is 2. The topological polar surface area (TPSA) is 95.6 Å². The molecule has 8 heteroatoms. The number of carbonyl (C=O) groups excluding carboxylic acids is 1. The molecular formula is C22H25N3O5. The monoisotopic (exact) mass is 411 g/mol. The fourth-order valence-corrected chi connectivity index (χ4v) is 3.15. The summed E-state index contributed by atoms with van der Waals surface area (Å²) in [5.41, 5.74) is 2.78. The molecule has 0 aliphatic rings.